The molecule has 1 aromatic heterocycles. The normalized spacial score (nSPS) is 11.3. The molecular formula is C58H39NS. The van der Waals surface area contributed by atoms with E-state index in [1.165, 1.54) is 92.3 Å². The zero-order valence-electron chi connectivity index (χ0n) is 32.9. The molecule has 11 rings (SSSR count). The lowest BCUT2D eigenvalue weighted by molar-refractivity contribution is 1.30. The Morgan fingerprint density at radius 3 is 1.30 bits per heavy atom. The van der Waals surface area contributed by atoms with Crippen LogP contribution in [0.25, 0.3) is 86.6 Å². The molecule has 11 aromatic rings. The molecule has 0 aliphatic heterocycles. The third-order valence-corrected chi connectivity index (χ3v) is 12.8. The van der Waals surface area contributed by atoms with E-state index in [9.17, 15) is 0 Å². The van der Waals surface area contributed by atoms with E-state index in [0.29, 0.717) is 0 Å². The molecule has 2 heteroatoms. The van der Waals surface area contributed by atoms with Crippen molar-refractivity contribution >= 4 is 59.3 Å². The number of rotatable bonds is 8. The maximum absolute atomic E-state index is 2.44. The summed E-state index contributed by atoms with van der Waals surface area (Å²) in [6, 6.07) is 86.0. The van der Waals surface area contributed by atoms with Gasteiger partial charge in [0.1, 0.15) is 0 Å². The predicted octanol–water partition coefficient (Wildman–Crippen LogP) is 17.0. The number of fused-ring (bicyclic) bond motifs is 5. The number of nitrogens with zero attached hydrogens (tertiary/aromatic N) is 1. The van der Waals surface area contributed by atoms with Crippen LogP contribution in [0.3, 0.4) is 0 Å². The average molecular weight is 782 g/mol. The molecule has 0 atom stereocenters. The van der Waals surface area contributed by atoms with Crippen molar-refractivity contribution in [3.63, 3.8) is 0 Å². The molecular weight excluding hydrogens is 743 g/mol. The highest BCUT2D eigenvalue weighted by Crippen LogP contribution is 2.48. The maximum atomic E-state index is 2.44. The molecule has 1 heterocycles. The van der Waals surface area contributed by atoms with Gasteiger partial charge in [0.15, 0.2) is 0 Å². The monoisotopic (exact) mass is 781 g/mol. The van der Waals surface area contributed by atoms with E-state index in [-0.39, 0.29) is 0 Å². The summed E-state index contributed by atoms with van der Waals surface area (Å²) in [5.41, 5.74) is 15.5. The van der Waals surface area contributed by atoms with Crippen molar-refractivity contribution < 1.29 is 0 Å². The Labute approximate surface area is 354 Å². The summed E-state index contributed by atoms with van der Waals surface area (Å²) in [4.78, 5) is 2.42. The number of para-hydroxylation sites is 1. The fourth-order valence-electron chi connectivity index (χ4n) is 8.72. The zero-order chi connectivity index (χ0) is 39.8. The minimum atomic E-state index is 1.12. The highest BCUT2D eigenvalue weighted by atomic mass is 32.1. The molecule has 0 saturated carbocycles. The second-order valence-corrected chi connectivity index (χ2v) is 16.3. The highest BCUT2D eigenvalue weighted by molar-refractivity contribution is 7.26. The van der Waals surface area contributed by atoms with Gasteiger partial charge in [-0.05, 0) is 122 Å². The lowest BCUT2D eigenvalue weighted by Crippen LogP contribution is -2.10. The van der Waals surface area contributed by atoms with E-state index in [1.54, 1.807) is 0 Å². The fraction of sp³-hybridized carbons (Fsp3) is 0. The molecule has 60 heavy (non-hydrogen) atoms. The summed E-state index contributed by atoms with van der Waals surface area (Å²) in [6.45, 7) is 0. The Bertz CT molecular complexity index is 3200. The lowest BCUT2D eigenvalue weighted by atomic mass is 9.91. The molecule has 0 amide bonds. The number of hydrogen-bond donors (Lipinski definition) is 0. The molecule has 0 N–H and O–H groups in total. The molecule has 0 bridgehead atoms. The van der Waals surface area contributed by atoms with Crippen molar-refractivity contribution in [3.8, 4) is 55.6 Å². The maximum Gasteiger partial charge on any atom is 0.0554 e. The average Bonchev–Trinajstić information content (AvgIpc) is 3.72. The van der Waals surface area contributed by atoms with Crippen LogP contribution in [0.2, 0.25) is 0 Å². The zero-order valence-corrected chi connectivity index (χ0v) is 33.7. The highest BCUT2D eigenvalue weighted by Gasteiger charge is 2.21. The van der Waals surface area contributed by atoms with Gasteiger partial charge in [0.25, 0.3) is 0 Å². The summed E-state index contributed by atoms with van der Waals surface area (Å²) >= 11 is 1.89. The summed E-state index contributed by atoms with van der Waals surface area (Å²) in [6.07, 6.45) is 0. The second-order valence-electron chi connectivity index (χ2n) is 15.3. The van der Waals surface area contributed by atoms with Crippen LogP contribution in [0, 0.1) is 0 Å². The van der Waals surface area contributed by atoms with Gasteiger partial charge in [-0.15, -0.1) is 11.3 Å². The summed E-state index contributed by atoms with van der Waals surface area (Å²) < 4.78 is 2.58. The van der Waals surface area contributed by atoms with Crippen molar-refractivity contribution in [2.45, 2.75) is 0 Å². The Kier molecular flexibility index (Phi) is 9.11. The molecule has 0 saturated heterocycles. The van der Waals surface area contributed by atoms with Crippen LogP contribution < -0.4 is 4.90 Å². The van der Waals surface area contributed by atoms with E-state index < -0.39 is 0 Å². The standard InChI is InChI=1S/C58H39NS/c1-5-16-40(17-6-1)43-32-34-50(35-33-43)59(49-22-11-4-12-23-49)55-26-15-27-56-57(55)54-39-53(51-24-13-14-25-52(51)58(54)60-56)45-30-28-44(29-31-45)48-37-46(41-18-7-2-8-19-41)36-47(38-48)42-20-9-3-10-21-42/h1-39H. The Morgan fingerprint density at radius 1 is 0.283 bits per heavy atom. The second kappa shape index (κ2) is 15.3. The molecule has 0 aliphatic rings. The first kappa shape index (κ1) is 35.6. The van der Waals surface area contributed by atoms with Crippen molar-refractivity contribution in [3.05, 3.63) is 237 Å². The van der Waals surface area contributed by atoms with Gasteiger partial charge in [0, 0.05) is 36.9 Å². The van der Waals surface area contributed by atoms with E-state index in [4.69, 9.17) is 0 Å². The number of thiophene rings is 1. The lowest BCUT2D eigenvalue weighted by Gasteiger charge is -2.26. The molecule has 0 radical (unpaired) electrons. The number of anilines is 3. The van der Waals surface area contributed by atoms with Crippen LogP contribution in [0.1, 0.15) is 0 Å². The van der Waals surface area contributed by atoms with Crippen LogP contribution >= 0.6 is 11.3 Å². The van der Waals surface area contributed by atoms with Crippen molar-refractivity contribution in [2.24, 2.45) is 0 Å². The minimum Gasteiger partial charge on any atom is -0.310 e. The Hall–Kier alpha value is -7.52. The van der Waals surface area contributed by atoms with Gasteiger partial charge in [0.05, 0.1) is 5.69 Å². The molecule has 0 aliphatic carbocycles. The smallest absolute Gasteiger partial charge is 0.0554 e. The van der Waals surface area contributed by atoms with Gasteiger partial charge in [-0.3, -0.25) is 0 Å². The van der Waals surface area contributed by atoms with Crippen molar-refractivity contribution in [1.82, 2.24) is 0 Å². The van der Waals surface area contributed by atoms with Crippen LogP contribution in [0.15, 0.2) is 237 Å². The van der Waals surface area contributed by atoms with Gasteiger partial charge >= 0.3 is 0 Å². The van der Waals surface area contributed by atoms with Crippen LogP contribution in [-0.4, -0.2) is 0 Å². The third kappa shape index (κ3) is 6.54. The summed E-state index contributed by atoms with van der Waals surface area (Å²) in [5, 5.41) is 5.08. The molecule has 0 fully saturated rings. The first-order chi connectivity index (χ1) is 29.7. The molecule has 0 unspecified atom stereocenters. The van der Waals surface area contributed by atoms with Gasteiger partial charge in [0.2, 0.25) is 0 Å². The van der Waals surface area contributed by atoms with Crippen molar-refractivity contribution in [2.75, 3.05) is 4.90 Å². The summed E-state index contributed by atoms with van der Waals surface area (Å²) in [7, 11) is 0. The van der Waals surface area contributed by atoms with Crippen LogP contribution in [-0.2, 0) is 0 Å². The summed E-state index contributed by atoms with van der Waals surface area (Å²) in [5.74, 6) is 0. The van der Waals surface area contributed by atoms with Gasteiger partial charge in [-0.2, -0.15) is 0 Å². The van der Waals surface area contributed by atoms with E-state index in [2.05, 4.69) is 241 Å². The number of hydrogen-bond acceptors (Lipinski definition) is 2. The first-order valence-electron chi connectivity index (χ1n) is 20.5. The van der Waals surface area contributed by atoms with Crippen LogP contribution in [0.5, 0.6) is 0 Å². The fourth-order valence-corrected chi connectivity index (χ4v) is 9.97. The Balaban J connectivity index is 1.06. The molecule has 1 nitrogen and oxygen atoms in total. The van der Waals surface area contributed by atoms with Gasteiger partial charge in [-0.1, -0.05) is 176 Å². The first-order valence-corrected chi connectivity index (χ1v) is 21.3. The number of benzene rings is 10. The Morgan fingerprint density at radius 2 is 0.717 bits per heavy atom. The molecule has 282 valence electrons. The van der Waals surface area contributed by atoms with E-state index >= 15 is 0 Å². The van der Waals surface area contributed by atoms with Gasteiger partial charge < -0.3 is 4.90 Å². The van der Waals surface area contributed by atoms with Crippen molar-refractivity contribution in [1.29, 1.82) is 0 Å². The van der Waals surface area contributed by atoms with E-state index in [1.807, 2.05) is 11.3 Å². The molecule has 0 spiro atoms. The quantitative estimate of drug-likeness (QED) is 0.148. The molecule has 10 aromatic carbocycles. The largest absolute Gasteiger partial charge is 0.310 e. The minimum absolute atomic E-state index is 1.12. The predicted molar refractivity (Wildman–Crippen MR) is 259 cm³/mol. The van der Waals surface area contributed by atoms with E-state index in [0.717, 1.165) is 11.4 Å². The SMILES string of the molecule is c1ccc(-c2ccc(N(c3ccccc3)c3cccc4sc5c6ccccc6c(-c6ccc(-c7cc(-c8ccccc8)cc(-c8ccccc8)c7)cc6)cc5c34)cc2)cc1. The van der Waals surface area contributed by atoms with Crippen LogP contribution in [0.4, 0.5) is 17.1 Å². The topological polar surface area (TPSA) is 3.24 Å². The van der Waals surface area contributed by atoms with Gasteiger partial charge in [-0.25, -0.2) is 0 Å². The third-order valence-electron chi connectivity index (χ3n) is 11.6.